The molecular formula is C15H19FN2O4. The number of ether oxygens (including phenoxy) is 1. The number of hydrogen-bond acceptors (Lipinski definition) is 4. The number of carboxylic acid groups (broad SMARTS) is 1. The molecule has 0 aromatic heterocycles. The van der Waals surface area contributed by atoms with Gasteiger partial charge in [-0.25, -0.2) is 4.39 Å². The van der Waals surface area contributed by atoms with Crippen molar-refractivity contribution < 1.29 is 23.8 Å². The number of halogens is 1. The number of carbonyl (C=O) groups excluding carboxylic acids is 1. The molecule has 0 radical (unpaired) electrons. The Morgan fingerprint density at radius 2 is 2.05 bits per heavy atom. The standard InChI is InChI=1S/C15H19FN2O4/c1-10(15(20)21)17-14(19)13(18-5-7-22-8-6-18)11-3-2-4-12(16)9-11/h2-4,9-10,13H,5-8H2,1H3,(H,17,19)(H,20,21)/t10-,13?/m1/s1. The van der Waals surface area contributed by atoms with Gasteiger partial charge in [0, 0.05) is 13.1 Å². The molecule has 1 heterocycles. The second-order valence-electron chi connectivity index (χ2n) is 5.17. The number of aliphatic carboxylic acids is 1. The summed E-state index contributed by atoms with van der Waals surface area (Å²) in [7, 11) is 0. The van der Waals surface area contributed by atoms with E-state index < -0.39 is 29.8 Å². The Bertz CT molecular complexity index is 546. The van der Waals surface area contributed by atoms with Gasteiger partial charge < -0.3 is 15.2 Å². The molecule has 2 atom stereocenters. The highest BCUT2D eigenvalue weighted by atomic mass is 19.1. The molecular weight excluding hydrogens is 291 g/mol. The lowest BCUT2D eigenvalue weighted by Crippen LogP contribution is -2.49. The van der Waals surface area contributed by atoms with E-state index in [4.69, 9.17) is 9.84 Å². The average Bonchev–Trinajstić information content (AvgIpc) is 2.48. The summed E-state index contributed by atoms with van der Waals surface area (Å²) in [6.07, 6.45) is 0. The average molecular weight is 310 g/mol. The molecule has 7 heteroatoms. The molecule has 22 heavy (non-hydrogen) atoms. The Morgan fingerprint density at radius 3 is 2.64 bits per heavy atom. The normalized spacial score (nSPS) is 18.5. The highest BCUT2D eigenvalue weighted by molar-refractivity contribution is 5.87. The minimum absolute atomic E-state index is 0.435. The van der Waals surface area contributed by atoms with Crippen LogP contribution in [0.3, 0.4) is 0 Å². The van der Waals surface area contributed by atoms with Crippen LogP contribution in [0.5, 0.6) is 0 Å². The van der Waals surface area contributed by atoms with Gasteiger partial charge >= 0.3 is 5.97 Å². The van der Waals surface area contributed by atoms with E-state index in [-0.39, 0.29) is 0 Å². The number of nitrogens with zero attached hydrogens (tertiary/aromatic N) is 1. The molecule has 1 aromatic carbocycles. The van der Waals surface area contributed by atoms with E-state index in [0.717, 1.165) is 0 Å². The number of amides is 1. The summed E-state index contributed by atoms with van der Waals surface area (Å²) in [4.78, 5) is 25.3. The summed E-state index contributed by atoms with van der Waals surface area (Å²) >= 11 is 0. The number of morpholine rings is 1. The minimum Gasteiger partial charge on any atom is -0.480 e. The van der Waals surface area contributed by atoms with E-state index in [1.807, 2.05) is 4.90 Å². The molecule has 1 aliphatic heterocycles. The zero-order valence-electron chi connectivity index (χ0n) is 12.3. The van der Waals surface area contributed by atoms with Crippen molar-refractivity contribution in [3.63, 3.8) is 0 Å². The van der Waals surface area contributed by atoms with Gasteiger partial charge in [-0.2, -0.15) is 0 Å². The Labute approximate surface area is 127 Å². The van der Waals surface area contributed by atoms with Crippen molar-refractivity contribution >= 4 is 11.9 Å². The van der Waals surface area contributed by atoms with Gasteiger partial charge in [-0.1, -0.05) is 12.1 Å². The number of carbonyl (C=O) groups is 2. The molecule has 2 N–H and O–H groups in total. The van der Waals surface area contributed by atoms with Crippen LogP contribution in [-0.2, 0) is 14.3 Å². The predicted octanol–water partition coefficient (Wildman–Crippen LogP) is 0.788. The summed E-state index contributed by atoms with van der Waals surface area (Å²) in [6.45, 7) is 3.40. The zero-order valence-corrected chi connectivity index (χ0v) is 12.3. The van der Waals surface area contributed by atoms with E-state index in [9.17, 15) is 14.0 Å². The molecule has 1 amide bonds. The lowest BCUT2D eigenvalue weighted by molar-refractivity contribution is -0.142. The summed E-state index contributed by atoms with van der Waals surface area (Å²) < 4.78 is 18.7. The Morgan fingerprint density at radius 1 is 1.36 bits per heavy atom. The molecule has 1 fully saturated rings. The molecule has 1 aromatic rings. The first kappa shape index (κ1) is 16.4. The minimum atomic E-state index is -1.12. The fourth-order valence-electron chi connectivity index (χ4n) is 2.39. The third-order valence-corrected chi connectivity index (χ3v) is 3.55. The van der Waals surface area contributed by atoms with Gasteiger partial charge in [0.2, 0.25) is 5.91 Å². The number of nitrogens with one attached hydrogen (secondary N) is 1. The third kappa shape index (κ3) is 4.02. The highest BCUT2D eigenvalue weighted by Gasteiger charge is 2.30. The van der Waals surface area contributed by atoms with Crippen LogP contribution in [-0.4, -0.2) is 54.2 Å². The maximum Gasteiger partial charge on any atom is 0.325 e. The van der Waals surface area contributed by atoms with E-state index in [1.165, 1.54) is 25.1 Å². The molecule has 120 valence electrons. The van der Waals surface area contributed by atoms with Crippen LogP contribution in [0.15, 0.2) is 24.3 Å². The molecule has 1 saturated heterocycles. The maximum absolute atomic E-state index is 13.5. The lowest BCUT2D eigenvalue weighted by Gasteiger charge is -2.34. The van der Waals surface area contributed by atoms with Crippen LogP contribution in [0.1, 0.15) is 18.5 Å². The fraction of sp³-hybridized carbons (Fsp3) is 0.467. The molecule has 0 saturated carbocycles. The van der Waals surface area contributed by atoms with Crippen molar-refractivity contribution in [1.82, 2.24) is 10.2 Å². The van der Waals surface area contributed by atoms with Crippen molar-refractivity contribution in [2.24, 2.45) is 0 Å². The van der Waals surface area contributed by atoms with Gasteiger partial charge in [0.1, 0.15) is 17.9 Å². The molecule has 0 bridgehead atoms. The summed E-state index contributed by atoms with van der Waals surface area (Å²) in [5.41, 5.74) is 0.497. The number of hydrogen-bond donors (Lipinski definition) is 2. The fourth-order valence-corrected chi connectivity index (χ4v) is 2.39. The molecule has 2 rings (SSSR count). The van der Waals surface area contributed by atoms with Crippen molar-refractivity contribution in [2.75, 3.05) is 26.3 Å². The number of carboxylic acids is 1. The van der Waals surface area contributed by atoms with Crippen LogP contribution in [0, 0.1) is 5.82 Å². The smallest absolute Gasteiger partial charge is 0.325 e. The van der Waals surface area contributed by atoms with Crippen molar-refractivity contribution in [3.8, 4) is 0 Å². The van der Waals surface area contributed by atoms with Crippen molar-refractivity contribution in [2.45, 2.75) is 19.0 Å². The quantitative estimate of drug-likeness (QED) is 0.840. The maximum atomic E-state index is 13.5. The van der Waals surface area contributed by atoms with E-state index in [1.54, 1.807) is 6.07 Å². The molecule has 1 aliphatic rings. The first-order chi connectivity index (χ1) is 10.5. The largest absolute Gasteiger partial charge is 0.480 e. The number of rotatable bonds is 5. The van der Waals surface area contributed by atoms with E-state index >= 15 is 0 Å². The van der Waals surface area contributed by atoms with Crippen molar-refractivity contribution in [3.05, 3.63) is 35.6 Å². The van der Waals surface area contributed by atoms with Gasteiger partial charge in [0.05, 0.1) is 13.2 Å². The molecule has 1 unspecified atom stereocenters. The van der Waals surface area contributed by atoms with E-state index in [2.05, 4.69) is 5.32 Å². The second kappa shape index (κ2) is 7.33. The topological polar surface area (TPSA) is 78.9 Å². The van der Waals surface area contributed by atoms with Crippen LogP contribution in [0.25, 0.3) is 0 Å². The van der Waals surface area contributed by atoms with Gasteiger partial charge in [-0.3, -0.25) is 14.5 Å². The first-order valence-electron chi connectivity index (χ1n) is 7.09. The number of benzene rings is 1. The Balaban J connectivity index is 2.24. The zero-order chi connectivity index (χ0) is 16.1. The van der Waals surface area contributed by atoms with Crippen LogP contribution in [0.4, 0.5) is 4.39 Å². The van der Waals surface area contributed by atoms with Crippen LogP contribution >= 0.6 is 0 Å². The SMILES string of the molecule is C[C@@H](NC(=O)C(c1cccc(F)c1)N1CCOCC1)C(=O)O. The lowest BCUT2D eigenvalue weighted by atomic mass is 10.0. The Kier molecular flexibility index (Phi) is 5.46. The van der Waals surface area contributed by atoms with Crippen LogP contribution in [0.2, 0.25) is 0 Å². The molecule has 6 nitrogen and oxygen atoms in total. The van der Waals surface area contributed by atoms with Crippen molar-refractivity contribution in [1.29, 1.82) is 0 Å². The van der Waals surface area contributed by atoms with Gasteiger partial charge in [0.25, 0.3) is 0 Å². The third-order valence-electron chi connectivity index (χ3n) is 3.55. The molecule has 0 spiro atoms. The Hall–Kier alpha value is -1.99. The predicted molar refractivity (Wildman–Crippen MR) is 76.8 cm³/mol. The van der Waals surface area contributed by atoms with Gasteiger partial charge in [0.15, 0.2) is 0 Å². The summed E-state index contributed by atoms with van der Waals surface area (Å²) in [5.74, 6) is -2.01. The first-order valence-corrected chi connectivity index (χ1v) is 7.09. The van der Waals surface area contributed by atoms with Crippen LogP contribution < -0.4 is 5.32 Å². The summed E-state index contributed by atoms with van der Waals surface area (Å²) in [5, 5.41) is 11.4. The summed E-state index contributed by atoms with van der Waals surface area (Å²) in [6, 6.07) is 4.05. The second-order valence-corrected chi connectivity index (χ2v) is 5.17. The van der Waals surface area contributed by atoms with E-state index in [0.29, 0.717) is 31.9 Å². The van der Waals surface area contributed by atoms with Gasteiger partial charge in [-0.05, 0) is 24.6 Å². The molecule has 0 aliphatic carbocycles. The van der Waals surface area contributed by atoms with Gasteiger partial charge in [-0.15, -0.1) is 0 Å². The monoisotopic (exact) mass is 310 g/mol. The highest BCUT2D eigenvalue weighted by Crippen LogP contribution is 2.23.